The molecular weight excluding hydrogens is 374 g/mol. The van der Waals surface area contributed by atoms with E-state index in [9.17, 15) is 18.4 Å². The third-order valence-corrected chi connectivity index (χ3v) is 7.07. The molecule has 1 aliphatic carbocycles. The van der Waals surface area contributed by atoms with Crippen molar-refractivity contribution in [2.24, 2.45) is 29.6 Å². The monoisotopic (exact) mass is 416 g/mol. The van der Waals surface area contributed by atoms with Crippen LogP contribution in [-0.2, 0) is 14.3 Å². The van der Waals surface area contributed by atoms with Crippen LogP contribution in [0.3, 0.4) is 0 Å². The summed E-state index contributed by atoms with van der Waals surface area (Å²) in [4.78, 5) is 23.3. The molecule has 170 valence electrons. The van der Waals surface area contributed by atoms with Gasteiger partial charge in [-0.15, -0.1) is 0 Å². The molecule has 0 aromatic carbocycles. The standard InChI is InChI=1S/C24H42F2O3/c1-6-17(2)16-24(25,26)22(27)14-13-21-19(4)15-18(3)20(21)11-9-7-8-10-12-23(28)29-5/h17-21H,6-16H2,1-5H3/t17-,18-,19+,20?,21-/m0/s1. The van der Waals surface area contributed by atoms with Gasteiger partial charge in [-0.1, -0.05) is 53.4 Å². The van der Waals surface area contributed by atoms with Gasteiger partial charge in [0.1, 0.15) is 0 Å². The molecular formula is C24H42F2O3. The van der Waals surface area contributed by atoms with Crippen molar-refractivity contribution in [2.45, 2.75) is 104 Å². The smallest absolute Gasteiger partial charge is 0.305 e. The van der Waals surface area contributed by atoms with Crippen LogP contribution in [0.2, 0.25) is 0 Å². The molecule has 0 aliphatic heterocycles. The third-order valence-electron chi connectivity index (χ3n) is 7.07. The second-order valence-electron chi connectivity index (χ2n) is 9.43. The molecule has 0 bridgehead atoms. The number of carbonyl (C=O) groups excluding carboxylic acids is 2. The first-order chi connectivity index (χ1) is 13.6. The van der Waals surface area contributed by atoms with Crippen LogP contribution >= 0.6 is 0 Å². The molecule has 0 radical (unpaired) electrons. The van der Waals surface area contributed by atoms with E-state index in [0.717, 1.165) is 38.5 Å². The fraction of sp³-hybridized carbons (Fsp3) is 0.917. The van der Waals surface area contributed by atoms with Gasteiger partial charge in [0.05, 0.1) is 7.11 Å². The average molecular weight is 417 g/mol. The minimum atomic E-state index is -3.18. The van der Waals surface area contributed by atoms with Crippen molar-refractivity contribution in [3.8, 4) is 0 Å². The van der Waals surface area contributed by atoms with Gasteiger partial charge in [-0.3, -0.25) is 9.59 Å². The van der Waals surface area contributed by atoms with Crippen molar-refractivity contribution < 1.29 is 23.1 Å². The second-order valence-corrected chi connectivity index (χ2v) is 9.43. The number of halogens is 2. The van der Waals surface area contributed by atoms with E-state index >= 15 is 0 Å². The lowest BCUT2D eigenvalue weighted by atomic mass is 9.80. The number of hydrogen-bond donors (Lipinski definition) is 0. The summed E-state index contributed by atoms with van der Waals surface area (Å²) < 4.78 is 33.1. The summed E-state index contributed by atoms with van der Waals surface area (Å²) >= 11 is 0. The van der Waals surface area contributed by atoms with Gasteiger partial charge in [-0.05, 0) is 55.3 Å². The number of ketones is 1. The van der Waals surface area contributed by atoms with Crippen LogP contribution in [0, 0.1) is 29.6 Å². The summed E-state index contributed by atoms with van der Waals surface area (Å²) in [5.74, 6) is -2.38. The number of hydrogen-bond acceptors (Lipinski definition) is 3. The van der Waals surface area contributed by atoms with E-state index in [2.05, 4.69) is 18.6 Å². The maximum atomic E-state index is 14.2. The Balaban J connectivity index is 2.45. The minimum Gasteiger partial charge on any atom is -0.469 e. The Hall–Kier alpha value is -1.00. The highest BCUT2D eigenvalue weighted by Crippen LogP contribution is 2.46. The quantitative estimate of drug-likeness (QED) is 0.230. The average Bonchev–Trinajstić information content (AvgIpc) is 2.94. The number of carbonyl (C=O) groups is 2. The van der Waals surface area contributed by atoms with Gasteiger partial charge in [0.25, 0.3) is 0 Å². The van der Waals surface area contributed by atoms with Gasteiger partial charge in [0.15, 0.2) is 0 Å². The summed E-state index contributed by atoms with van der Waals surface area (Å²) in [7, 11) is 1.41. The normalized spacial score (nSPS) is 25.8. The van der Waals surface area contributed by atoms with E-state index in [1.54, 1.807) is 6.92 Å². The number of unbranched alkanes of at least 4 members (excludes halogenated alkanes) is 3. The minimum absolute atomic E-state index is 0.000784. The van der Waals surface area contributed by atoms with Crippen LogP contribution in [0.15, 0.2) is 0 Å². The zero-order valence-corrected chi connectivity index (χ0v) is 19.1. The zero-order chi connectivity index (χ0) is 22.0. The molecule has 5 heteroatoms. The van der Waals surface area contributed by atoms with Crippen molar-refractivity contribution in [1.29, 1.82) is 0 Å². The second kappa shape index (κ2) is 12.6. The van der Waals surface area contributed by atoms with Gasteiger partial charge in [0.2, 0.25) is 5.78 Å². The van der Waals surface area contributed by atoms with E-state index in [1.165, 1.54) is 7.11 Å². The van der Waals surface area contributed by atoms with Crippen LogP contribution in [0.1, 0.15) is 98.3 Å². The number of alkyl halides is 2. The molecule has 1 rings (SSSR count). The van der Waals surface area contributed by atoms with Crippen LogP contribution in [0.4, 0.5) is 8.78 Å². The first-order valence-electron chi connectivity index (χ1n) is 11.6. The molecule has 0 heterocycles. The number of methoxy groups -OCH3 is 1. The van der Waals surface area contributed by atoms with Gasteiger partial charge in [0, 0.05) is 19.3 Å². The van der Waals surface area contributed by atoms with Crippen LogP contribution in [0.5, 0.6) is 0 Å². The molecule has 5 atom stereocenters. The Labute approximate surface area is 176 Å². The van der Waals surface area contributed by atoms with Gasteiger partial charge < -0.3 is 4.74 Å². The number of Topliss-reactive ketones (excluding diaryl/α,β-unsaturated/α-hetero) is 1. The molecule has 0 aromatic rings. The fourth-order valence-corrected chi connectivity index (χ4v) is 5.06. The summed E-state index contributed by atoms with van der Waals surface area (Å²) in [5.41, 5.74) is 0. The van der Waals surface area contributed by atoms with E-state index in [-0.39, 0.29) is 24.7 Å². The van der Waals surface area contributed by atoms with E-state index in [0.29, 0.717) is 42.9 Å². The molecule has 0 saturated heterocycles. The molecule has 0 N–H and O–H groups in total. The summed E-state index contributed by atoms with van der Waals surface area (Å²) in [6.45, 7) is 8.13. The fourth-order valence-electron chi connectivity index (χ4n) is 5.06. The van der Waals surface area contributed by atoms with Crippen molar-refractivity contribution in [3.05, 3.63) is 0 Å². The molecule has 3 nitrogen and oxygen atoms in total. The van der Waals surface area contributed by atoms with Crippen molar-refractivity contribution in [1.82, 2.24) is 0 Å². The third kappa shape index (κ3) is 8.72. The Kier molecular flexibility index (Phi) is 11.3. The first-order valence-corrected chi connectivity index (χ1v) is 11.6. The summed E-state index contributed by atoms with van der Waals surface area (Å²) in [6.07, 6.45) is 7.65. The number of ether oxygens (including phenoxy) is 1. The van der Waals surface area contributed by atoms with E-state index < -0.39 is 11.7 Å². The summed E-state index contributed by atoms with van der Waals surface area (Å²) in [6, 6.07) is 0. The van der Waals surface area contributed by atoms with Crippen LogP contribution in [-0.4, -0.2) is 24.8 Å². The largest absolute Gasteiger partial charge is 0.469 e. The van der Waals surface area contributed by atoms with Gasteiger partial charge in [-0.2, -0.15) is 8.78 Å². The lowest BCUT2D eigenvalue weighted by Crippen LogP contribution is -2.31. The first kappa shape index (κ1) is 26.0. The highest BCUT2D eigenvalue weighted by molar-refractivity contribution is 5.85. The Morgan fingerprint density at radius 1 is 1.00 bits per heavy atom. The zero-order valence-electron chi connectivity index (χ0n) is 19.1. The SMILES string of the molecule is CC[C@H](C)CC(F)(F)C(=O)CC[C@@H]1C(CCCCCCC(=O)OC)[C@@H](C)C[C@H]1C. The molecule has 0 spiro atoms. The number of esters is 1. The Bertz CT molecular complexity index is 506. The lowest BCUT2D eigenvalue weighted by molar-refractivity contribution is -0.146. The van der Waals surface area contributed by atoms with Crippen LogP contribution in [0.25, 0.3) is 0 Å². The highest BCUT2D eigenvalue weighted by Gasteiger charge is 2.42. The topological polar surface area (TPSA) is 43.4 Å². The molecule has 1 unspecified atom stereocenters. The molecule has 1 aliphatic rings. The molecule has 0 aromatic heterocycles. The lowest BCUT2D eigenvalue weighted by Gasteiger charge is -2.26. The molecule has 1 saturated carbocycles. The van der Waals surface area contributed by atoms with Crippen molar-refractivity contribution in [3.63, 3.8) is 0 Å². The number of rotatable bonds is 14. The predicted octanol–water partition coefficient (Wildman–Crippen LogP) is 6.83. The van der Waals surface area contributed by atoms with Gasteiger partial charge >= 0.3 is 11.9 Å². The Morgan fingerprint density at radius 2 is 1.59 bits per heavy atom. The van der Waals surface area contributed by atoms with Crippen molar-refractivity contribution in [2.75, 3.05) is 7.11 Å². The van der Waals surface area contributed by atoms with E-state index in [1.807, 2.05) is 6.92 Å². The van der Waals surface area contributed by atoms with Gasteiger partial charge in [-0.25, -0.2) is 0 Å². The molecule has 0 amide bonds. The van der Waals surface area contributed by atoms with Crippen LogP contribution < -0.4 is 0 Å². The molecule has 1 fully saturated rings. The Morgan fingerprint density at radius 3 is 2.17 bits per heavy atom. The maximum absolute atomic E-state index is 14.2. The van der Waals surface area contributed by atoms with Crippen molar-refractivity contribution >= 4 is 11.8 Å². The predicted molar refractivity (Wildman–Crippen MR) is 113 cm³/mol. The highest BCUT2D eigenvalue weighted by atomic mass is 19.3. The van der Waals surface area contributed by atoms with E-state index in [4.69, 9.17) is 0 Å². The summed E-state index contributed by atoms with van der Waals surface area (Å²) in [5, 5.41) is 0. The molecule has 29 heavy (non-hydrogen) atoms. The maximum Gasteiger partial charge on any atom is 0.305 e.